The lowest BCUT2D eigenvalue weighted by Crippen LogP contribution is -2.36. The average Bonchev–Trinajstić information content (AvgIpc) is 2.46. The van der Waals surface area contributed by atoms with Crippen molar-refractivity contribution in [3.63, 3.8) is 0 Å². The van der Waals surface area contributed by atoms with Gasteiger partial charge in [0.2, 0.25) is 0 Å². The summed E-state index contributed by atoms with van der Waals surface area (Å²) in [7, 11) is 0. The molecule has 0 radical (unpaired) electrons. The first kappa shape index (κ1) is 14.8. The van der Waals surface area contributed by atoms with Gasteiger partial charge in [0.25, 0.3) is 0 Å². The Balaban J connectivity index is 1.62. The zero-order valence-electron chi connectivity index (χ0n) is 11.6. The highest BCUT2D eigenvalue weighted by atomic mass is 35.5. The van der Waals surface area contributed by atoms with E-state index in [0.29, 0.717) is 12.5 Å². The van der Waals surface area contributed by atoms with E-state index in [-0.39, 0.29) is 0 Å². The molecular weight excluding hydrogens is 258 g/mol. The van der Waals surface area contributed by atoms with Gasteiger partial charge in [-0.1, -0.05) is 30.3 Å². The van der Waals surface area contributed by atoms with Crippen LogP contribution in [0.5, 0.6) is 0 Å². The third-order valence-corrected chi connectivity index (χ3v) is 4.00. The molecule has 0 bridgehead atoms. The SMILES string of the molecule is ClCCOCCN1CCC(Cc2ccccc2)CC1. The van der Waals surface area contributed by atoms with Gasteiger partial charge in [0.15, 0.2) is 0 Å². The van der Waals surface area contributed by atoms with E-state index in [1.165, 1.54) is 37.9 Å². The van der Waals surface area contributed by atoms with Crippen LogP contribution in [0.1, 0.15) is 18.4 Å². The van der Waals surface area contributed by atoms with Crippen molar-refractivity contribution < 1.29 is 4.74 Å². The van der Waals surface area contributed by atoms with Gasteiger partial charge in [-0.25, -0.2) is 0 Å². The lowest BCUT2D eigenvalue weighted by atomic mass is 9.90. The van der Waals surface area contributed by atoms with Crippen LogP contribution in [-0.2, 0) is 11.2 Å². The number of benzene rings is 1. The molecule has 3 heteroatoms. The number of ether oxygens (including phenoxy) is 1. The van der Waals surface area contributed by atoms with Crippen molar-refractivity contribution in [3.8, 4) is 0 Å². The van der Waals surface area contributed by atoms with Gasteiger partial charge in [0, 0.05) is 12.4 Å². The fourth-order valence-electron chi connectivity index (χ4n) is 2.71. The smallest absolute Gasteiger partial charge is 0.0602 e. The van der Waals surface area contributed by atoms with E-state index >= 15 is 0 Å². The Labute approximate surface area is 121 Å². The van der Waals surface area contributed by atoms with Gasteiger partial charge >= 0.3 is 0 Å². The second-order valence-corrected chi connectivity index (χ2v) is 5.65. The number of hydrogen-bond acceptors (Lipinski definition) is 2. The number of halogens is 1. The molecule has 1 heterocycles. The van der Waals surface area contributed by atoms with Gasteiger partial charge in [-0.15, -0.1) is 11.6 Å². The molecule has 0 saturated carbocycles. The Morgan fingerprint density at radius 3 is 2.53 bits per heavy atom. The van der Waals surface area contributed by atoms with E-state index < -0.39 is 0 Å². The molecule has 1 aromatic carbocycles. The van der Waals surface area contributed by atoms with E-state index in [1.54, 1.807) is 0 Å². The number of rotatable bonds is 7. The minimum Gasteiger partial charge on any atom is -0.379 e. The molecule has 1 fully saturated rings. The van der Waals surface area contributed by atoms with Gasteiger partial charge in [-0.3, -0.25) is 0 Å². The molecule has 0 unspecified atom stereocenters. The standard InChI is InChI=1S/C16H24ClNO/c17-8-12-19-13-11-18-9-6-16(7-10-18)14-15-4-2-1-3-5-15/h1-5,16H,6-14H2. The van der Waals surface area contributed by atoms with E-state index in [1.807, 2.05) is 0 Å². The highest BCUT2D eigenvalue weighted by Gasteiger charge is 2.18. The predicted molar refractivity (Wildman–Crippen MR) is 80.8 cm³/mol. The summed E-state index contributed by atoms with van der Waals surface area (Å²) in [6.45, 7) is 4.96. The molecule has 0 atom stereocenters. The Bertz CT molecular complexity index is 336. The van der Waals surface area contributed by atoms with Crippen LogP contribution in [0.2, 0.25) is 0 Å². The molecule has 1 saturated heterocycles. The minimum absolute atomic E-state index is 0.596. The second kappa shape index (κ2) is 8.57. The lowest BCUT2D eigenvalue weighted by Gasteiger charge is -2.31. The van der Waals surface area contributed by atoms with Crippen molar-refractivity contribution in [1.29, 1.82) is 0 Å². The Hall–Kier alpha value is -0.570. The zero-order valence-corrected chi connectivity index (χ0v) is 12.3. The van der Waals surface area contributed by atoms with Crippen LogP contribution in [0.4, 0.5) is 0 Å². The van der Waals surface area contributed by atoms with Gasteiger partial charge in [-0.05, 0) is 43.8 Å². The molecule has 0 N–H and O–H groups in total. The van der Waals surface area contributed by atoms with Crippen LogP contribution in [0, 0.1) is 5.92 Å². The number of nitrogens with zero attached hydrogens (tertiary/aromatic N) is 1. The van der Waals surface area contributed by atoms with Crippen LogP contribution in [-0.4, -0.2) is 43.6 Å². The number of alkyl halides is 1. The Morgan fingerprint density at radius 2 is 1.84 bits per heavy atom. The number of likely N-dealkylation sites (tertiary alicyclic amines) is 1. The summed E-state index contributed by atoms with van der Waals surface area (Å²) in [5.41, 5.74) is 1.48. The molecule has 1 aromatic rings. The molecule has 2 rings (SSSR count). The van der Waals surface area contributed by atoms with Crippen LogP contribution in [0.3, 0.4) is 0 Å². The van der Waals surface area contributed by atoms with Gasteiger partial charge < -0.3 is 9.64 Å². The second-order valence-electron chi connectivity index (χ2n) is 5.28. The Morgan fingerprint density at radius 1 is 1.11 bits per heavy atom. The first-order valence-corrected chi connectivity index (χ1v) is 7.82. The first-order chi connectivity index (χ1) is 9.38. The normalized spacial score (nSPS) is 17.7. The summed E-state index contributed by atoms with van der Waals surface area (Å²) < 4.78 is 5.43. The largest absolute Gasteiger partial charge is 0.379 e. The summed E-state index contributed by atoms with van der Waals surface area (Å²) in [6, 6.07) is 10.9. The molecule has 106 valence electrons. The maximum atomic E-state index is 5.58. The van der Waals surface area contributed by atoms with Gasteiger partial charge in [0.05, 0.1) is 13.2 Å². The molecule has 0 spiro atoms. The lowest BCUT2D eigenvalue weighted by molar-refractivity contribution is 0.0967. The highest BCUT2D eigenvalue weighted by Crippen LogP contribution is 2.21. The maximum absolute atomic E-state index is 5.58. The van der Waals surface area contributed by atoms with Crippen molar-refractivity contribution in [2.24, 2.45) is 5.92 Å². The maximum Gasteiger partial charge on any atom is 0.0602 e. The van der Waals surface area contributed by atoms with Crippen molar-refractivity contribution in [3.05, 3.63) is 35.9 Å². The predicted octanol–water partition coefficient (Wildman–Crippen LogP) is 3.20. The molecule has 0 amide bonds. The molecular formula is C16H24ClNO. The van der Waals surface area contributed by atoms with Gasteiger partial charge in [0.1, 0.15) is 0 Å². The van der Waals surface area contributed by atoms with Crippen LogP contribution in [0.25, 0.3) is 0 Å². The summed E-state index contributed by atoms with van der Waals surface area (Å²) >= 11 is 5.58. The first-order valence-electron chi connectivity index (χ1n) is 7.28. The fraction of sp³-hybridized carbons (Fsp3) is 0.625. The Kier molecular flexibility index (Phi) is 6.69. The highest BCUT2D eigenvalue weighted by molar-refractivity contribution is 6.17. The fourth-order valence-corrected chi connectivity index (χ4v) is 2.82. The third-order valence-electron chi connectivity index (χ3n) is 3.85. The molecule has 1 aliphatic rings. The van der Waals surface area contributed by atoms with Gasteiger partial charge in [-0.2, -0.15) is 0 Å². The van der Waals surface area contributed by atoms with Crippen molar-refractivity contribution in [2.75, 3.05) is 38.7 Å². The number of piperidine rings is 1. The summed E-state index contributed by atoms with van der Waals surface area (Å²) in [5.74, 6) is 1.45. The number of hydrogen-bond donors (Lipinski definition) is 0. The van der Waals surface area contributed by atoms with Crippen LogP contribution < -0.4 is 0 Å². The molecule has 19 heavy (non-hydrogen) atoms. The van der Waals surface area contributed by atoms with Crippen LogP contribution in [0.15, 0.2) is 30.3 Å². The summed E-state index contributed by atoms with van der Waals surface area (Å²) in [4.78, 5) is 2.51. The van der Waals surface area contributed by atoms with Crippen LogP contribution >= 0.6 is 11.6 Å². The van der Waals surface area contributed by atoms with E-state index in [2.05, 4.69) is 35.2 Å². The van der Waals surface area contributed by atoms with Crippen molar-refractivity contribution >= 4 is 11.6 Å². The van der Waals surface area contributed by atoms with E-state index in [0.717, 1.165) is 19.1 Å². The molecule has 1 aliphatic heterocycles. The minimum atomic E-state index is 0.596. The molecule has 2 nitrogen and oxygen atoms in total. The van der Waals surface area contributed by atoms with E-state index in [9.17, 15) is 0 Å². The van der Waals surface area contributed by atoms with Crippen molar-refractivity contribution in [2.45, 2.75) is 19.3 Å². The molecule has 0 aliphatic carbocycles. The monoisotopic (exact) mass is 281 g/mol. The summed E-state index contributed by atoms with van der Waals surface area (Å²) in [6.07, 6.45) is 3.85. The third kappa shape index (κ3) is 5.52. The zero-order chi connectivity index (χ0) is 13.3. The summed E-state index contributed by atoms with van der Waals surface area (Å²) in [5, 5.41) is 0. The van der Waals surface area contributed by atoms with E-state index in [4.69, 9.17) is 16.3 Å². The van der Waals surface area contributed by atoms with Crippen molar-refractivity contribution in [1.82, 2.24) is 4.90 Å². The average molecular weight is 282 g/mol. The molecule has 0 aromatic heterocycles. The quantitative estimate of drug-likeness (QED) is 0.562. The topological polar surface area (TPSA) is 12.5 Å².